The molecule has 0 N–H and O–H groups in total. The molecule has 0 saturated heterocycles. The van der Waals surface area contributed by atoms with Crippen molar-refractivity contribution in [2.45, 2.75) is 5.03 Å². The summed E-state index contributed by atoms with van der Waals surface area (Å²) in [5.74, 6) is 0. The first-order valence-corrected chi connectivity index (χ1v) is 6.11. The van der Waals surface area contributed by atoms with E-state index in [2.05, 4.69) is 9.97 Å². The van der Waals surface area contributed by atoms with Gasteiger partial charge >= 0.3 is 0 Å². The number of halogens is 2. The Balaban J connectivity index is 2.90. The van der Waals surface area contributed by atoms with Crippen LogP contribution in [0.2, 0.25) is 5.15 Å². The van der Waals surface area contributed by atoms with Crippen molar-refractivity contribution in [1.82, 2.24) is 14.4 Å². The minimum Gasteiger partial charge on any atom is -0.285 e. The van der Waals surface area contributed by atoms with E-state index in [-0.39, 0.29) is 15.8 Å². The van der Waals surface area contributed by atoms with Gasteiger partial charge in [0.1, 0.15) is 0 Å². The Morgan fingerprint density at radius 1 is 1.36 bits per heavy atom. The third-order valence-corrected chi connectivity index (χ3v) is 3.14. The van der Waals surface area contributed by atoms with Gasteiger partial charge in [-0.05, 0) is 0 Å². The van der Waals surface area contributed by atoms with Gasteiger partial charge in [-0.2, -0.15) is 0 Å². The van der Waals surface area contributed by atoms with Gasteiger partial charge < -0.3 is 0 Å². The summed E-state index contributed by atoms with van der Waals surface area (Å²) in [6, 6.07) is 0. The van der Waals surface area contributed by atoms with Gasteiger partial charge in [-0.15, -0.1) is 0 Å². The van der Waals surface area contributed by atoms with E-state index in [0.29, 0.717) is 0 Å². The summed E-state index contributed by atoms with van der Waals surface area (Å²) in [6.07, 6.45) is 3.91. The van der Waals surface area contributed by atoms with Gasteiger partial charge in [0, 0.05) is 23.1 Å². The molecule has 0 aliphatic rings. The number of hydrogen-bond acceptors (Lipinski definition) is 4. The molecule has 74 valence electrons. The fourth-order valence-electron chi connectivity index (χ4n) is 1.05. The quantitative estimate of drug-likeness (QED) is 0.718. The van der Waals surface area contributed by atoms with Gasteiger partial charge in [0.05, 0.1) is 6.20 Å². The van der Waals surface area contributed by atoms with E-state index < -0.39 is 9.05 Å². The molecule has 0 radical (unpaired) electrons. The highest BCUT2D eigenvalue weighted by molar-refractivity contribution is 8.13. The van der Waals surface area contributed by atoms with Crippen LogP contribution >= 0.6 is 22.3 Å². The van der Waals surface area contributed by atoms with Crippen molar-refractivity contribution in [3.63, 3.8) is 0 Å². The molecular weight excluding hydrogens is 249 g/mol. The Hall–Kier alpha value is -0.850. The Kier molecular flexibility index (Phi) is 2.13. The van der Waals surface area contributed by atoms with Crippen molar-refractivity contribution in [2.24, 2.45) is 0 Å². The summed E-state index contributed by atoms with van der Waals surface area (Å²) >= 11 is 5.69. The topological polar surface area (TPSA) is 64.3 Å². The first-order valence-electron chi connectivity index (χ1n) is 3.42. The lowest BCUT2D eigenvalue weighted by molar-refractivity contribution is 0.605. The Bertz CT molecular complexity index is 592. The SMILES string of the molecule is O=S(=O)(Cl)c1cnc2c(Cl)nccn12. The standard InChI is InChI=1S/C6H3Cl2N3O2S/c7-5-6-10-3-4(14(8,12)13)11(6)2-1-9-5/h1-3H. The molecule has 0 aliphatic carbocycles. The molecule has 0 aliphatic heterocycles. The summed E-state index contributed by atoms with van der Waals surface area (Å²) in [5.41, 5.74) is 0.258. The molecular formula is C6H3Cl2N3O2S. The average Bonchev–Trinajstić information content (AvgIpc) is 2.47. The highest BCUT2D eigenvalue weighted by Crippen LogP contribution is 2.19. The van der Waals surface area contributed by atoms with Crippen molar-refractivity contribution in [3.8, 4) is 0 Å². The second kappa shape index (κ2) is 3.08. The summed E-state index contributed by atoms with van der Waals surface area (Å²) in [5, 5.41) is -0.00228. The molecule has 0 atom stereocenters. The van der Waals surface area contributed by atoms with Crippen LogP contribution in [0.3, 0.4) is 0 Å². The van der Waals surface area contributed by atoms with E-state index in [0.717, 1.165) is 6.20 Å². The molecule has 0 spiro atoms. The summed E-state index contributed by atoms with van der Waals surface area (Å²) in [6.45, 7) is 0. The van der Waals surface area contributed by atoms with Gasteiger partial charge in [-0.25, -0.2) is 18.4 Å². The second-order valence-corrected chi connectivity index (χ2v) is 5.32. The third kappa shape index (κ3) is 1.45. The van der Waals surface area contributed by atoms with Gasteiger partial charge in [0.2, 0.25) is 0 Å². The molecule has 0 amide bonds. The molecule has 14 heavy (non-hydrogen) atoms. The monoisotopic (exact) mass is 251 g/mol. The maximum absolute atomic E-state index is 11.1. The van der Waals surface area contributed by atoms with Crippen LogP contribution in [0.15, 0.2) is 23.6 Å². The number of fused-ring (bicyclic) bond motifs is 1. The van der Waals surface area contributed by atoms with Gasteiger partial charge in [-0.3, -0.25) is 4.40 Å². The number of nitrogens with zero attached hydrogens (tertiary/aromatic N) is 3. The van der Waals surface area contributed by atoms with Crippen LogP contribution in [0.4, 0.5) is 0 Å². The molecule has 0 unspecified atom stereocenters. The molecule has 5 nitrogen and oxygen atoms in total. The predicted octanol–water partition coefficient (Wildman–Crippen LogP) is 1.31. The van der Waals surface area contributed by atoms with Crippen LogP contribution in [-0.4, -0.2) is 22.8 Å². The molecule has 0 bridgehead atoms. The van der Waals surface area contributed by atoms with E-state index in [4.69, 9.17) is 22.3 Å². The molecule has 0 fully saturated rings. The summed E-state index contributed by atoms with van der Waals surface area (Å²) in [4.78, 5) is 7.54. The molecule has 2 rings (SSSR count). The zero-order chi connectivity index (χ0) is 10.3. The van der Waals surface area contributed by atoms with Crippen LogP contribution in [0.25, 0.3) is 5.65 Å². The van der Waals surface area contributed by atoms with Crippen LogP contribution < -0.4 is 0 Å². The summed E-state index contributed by atoms with van der Waals surface area (Å²) < 4.78 is 23.4. The van der Waals surface area contributed by atoms with Crippen molar-refractivity contribution < 1.29 is 8.42 Å². The lowest BCUT2D eigenvalue weighted by Crippen LogP contribution is -1.97. The maximum Gasteiger partial charge on any atom is 0.278 e. The van der Waals surface area contributed by atoms with Crippen LogP contribution in [0, 0.1) is 0 Å². The van der Waals surface area contributed by atoms with Crippen LogP contribution in [-0.2, 0) is 9.05 Å². The lowest BCUT2D eigenvalue weighted by Gasteiger charge is -1.96. The smallest absolute Gasteiger partial charge is 0.278 e. The third-order valence-electron chi connectivity index (χ3n) is 1.60. The van der Waals surface area contributed by atoms with Crippen molar-refractivity contribution in [2.75, 3.05) is 0 Å². The minimum atomic E-state index is -3.82. The van der Waals surface area contributed by atoms with E-state index in [1.165, 1.54) is 16.8 Å². The van der Waals surface area contributed by atoms with Gasteiger partial charge in [-0.1, -0.05) is 11.6 Å². The fourth-order valence-corrected chi connectivity index (χ4v) is 2.15. The van der Waals surface area contributed by atoms with E-state index >= 15 is 0 Å². The number of imidazole rings is 1. The van der Waals surface area contributed by atoms with Crippen molar-refractivity contribution in [1.29, 1.82) is 0 Å². The lowest BCUT2D eigenvalue weighted by atomic mass is 10.7. The molecule has 2 heterocycles. The molecule has 8 heteroatoms. The minimum absolute atomic E-state index is 0.124. The molecule has 2 aromatic heterocycles. The van der Waals surface area contributed by atoms with E-state index in [9.17, 15) is 8.42 Å². The van der Waals surface area contributed by atoms with Crippen molar-refractivity contribution in [3.05, 3.63) is 23.7 Å². The largest absolute Gasteiger partial charge is 0.285 e. The van der Waals surface area contributed by atoms with Gasteiger partial charge in [0.25, 0.3) is 9.05 Å². The molecule has 0 aromatic carbocycles. The normalized spacial score (nSPS) is 12.1. The van der Waals surface area contributed by atoms with Crippen LogP contribution in [0.5, 0.6) is 0 Å². The molecule has 0 saturated carbocycles. The van der Waals surface area contributed by atoms with Gasteiger partial charge in [0.15, 0.2) is 15.8 Å². The first-order chi connectivity index (χ1) is 6.50. The highest BCUT2D eigenvalue weighted by atomic mass is 35.7. The average molecular weight is 252 g/mol. The zero-order valence-corrected chi connectivity index (χ0v) is 8.88. The first kappa shape index (κ1) is 9.70. The second-order valence-electron chi connectivity index (χ2n) is 2.45. The number of rotatable bonds is 1. The van der Waals surface area contributed by atoms with E-state index in [1.807, 2.05) is 0 Å². The Morgan fingerprint density at radius 3 is 2.71 bits per heavy atom. The Labute approximate surface area is 88.7 Å². The van der Waals surface area contributed by atoms with Crippen LogP contribution in [0.1, 0.15) is 0 Å². The fraction of sp³-hybridized carbons (Fsp3) is 0. The molecule has 2 aromatic rings. The summed E-state index contributed by atoms with van der Waals surface area (Å²) in [7, 11) is 1.36. The Morgan fingerprint density at radius 2 is 2.07 bits per heavy atom. The highest BCUT2D eigenvalue weighted by Gasteiger charge is 2.17. The number of hydrogen-bond donors (Lipinski definition) is 0. The zero-order valence-electron chi connectivity index (χ0n) is 6.55. The maximum atomic E-state index is 11.1. The number of aromatic nitrogens is 3. The van der Waals surface area contributed by atoms with Crippen molar-refractivity contribution >= 4 is 37.0 Å². The predicted molar refractivity (Wildman–Crippen MR) is 51.0 cm³/mol. The van der Waals surface area contributed by atoms with E-state index in [1.54, 1.807) is 0 Å².